The summed E-state index contributed by atoms with van der Waals surface area (Å²) in [5.41, 5.74) is 9.89. The molecular weight excluding hydrogens is 208 g/mol. The summed E-state index contributed by atoms with van der Waals surface area (Å²) in [6.45, 7) is 9.86. The van der Waals surface area contributed by atoms with E-state index in [9.17, 15) is 0 Å². The van der Waals surface area contributed by atoms with E-state index in [2.05, 4.69) is 43.9 Å². The van der Waals surface area contributed by atoms with E-state index in [0.29, 0.717) is 6.54 Å². The Labute approximate surface area is 105 Å². The highest BCUT2D eigenvalue weighted by Crippen LogP contribution is 2.32. The summed E-state index contributed by atoms with van der Waals surface area (Å²) >= 11 is 0. The van der Waals surface area contributed by atoms with Crippen LogP contribution in [-0.4, -0.2) is 13.1 Å². The maximum atomic E-state index is 5.85. The fraction of sp³-hybridized carbons (Fsp3) is 0.600. The summed E-state index contributed by atoms with van der Waals surface area (Å²) in [5, 5.41) is 0. The van der Waals surface area contributed by atoms with Crippen molar-refractivity contribution in [2.75, 3.05) is 18.0 Å². The third-order valence-electron chi connectivity index (χ3n) is 4.02. The van der Waals surface area contributed by atoms with Gasteiger partial charge in [-0.3, -0.25) is 0 Å². The zero-order chi connectivity index (χ0) is 12.4. The minimum absolute atomic E-state index is 0.639. The molecule has 17 heavy (non-hydrogen) atoms. The molecule has 1 atom stereocenters. The SMILES string of the molecule is Cc1cccc(CN)c1N1CCC(C(C)C)C1. The standard InChI is InChI=1S/C15H24N2/c1-11(2)14-7-8-17(10-14)15-12(3)5-4-6-13(15)9-16/h4-6,11,14H,7-10,16H2,1-3H3. The van der Waals surface area contributed by atoms with Crippen LogP contribution in [0, 0.1) is 18.8 Å². The lowest BCUT2D eigenvalue weighted by molar-refractivity contribution is 0.422. The van der Waals surface area contributed by atoms with Gasteiger partial charge < -0.3 is 10.6 Å². The number of hydrogen-bond donors (Lipinski definition) is 1. The molecule has 0 saturated carbocycles. The molecular formula is C15H24N2. The zero-order valence-corrected chi connectivity index (χ0v) is 11.2. The number of benzene rings is 1. The van der Waals surface area contributed by atoms with Gasteiger partial charge in [0.15, 0.2) is 0 Å². The van der Waals surface area contributed by atoms with Crippen molar-refractivity contribution >= 4 is 5.69 Å². The molecule has 1 aliphatic heterocycles. The van der Waals surface area contributed by atoms with E-state index in [1.165, 1.54) is 36.3 Å². The van der Waals surface area contributed by atoms with Crippen molar-refractivity contribution < 1.29 is 0 Å². The molecule has 1 heterocycles. The van der Waals surface area contributed by atoms with Gasteiger partial charge in [0.25, 0.3) is 0 Å². The van der Waals surface area contributed by atoms with Crippen LogP contribution in [0.25, 0.3) is 0 Å². The summed E-state index contributed by atoms with van der Waals surface area (Å²) in [5.74, 6) is 1.62. The number of nitrogens with two attached hydrogens (primary N) is 1. The molecule has 0 aliphatic carbocycles. The van der Waals surface area contributed by atoms with Crippen molar-refractivity contribution in [1.82, 2.24) is 0 Å². The number of nitrogens with zero attached hydrogens (tertiary/aromatic N) is 1. The number of rotatable bonds is 3. The van der Waals surface area contributed by atoms with Gasteiger partial charge in [-0.2, -0.15) is 0 Å². The number of anilines is 1. The van der Waals surface area contributed by atoms with Gasteiger partial charge in [0, 0.05) is 25.3 Å². The highest BCUT2D eigenvalue weighted by atomic mass is 15.2. The molecule has 1 saturated heterocycles. The normalized spacial score (nSPS) is 20.3. The molecule has 2 rings (SSSR count). The minimum atomic E-state index is 0.639. The molecule has 1 unspecified atom stereocenters. The first-order chi connectivity index (χ1) is 8.13. The van der Waals surface area contributed by atoms with Crippen LogP contribution >= 0.6 is 0 Å². The van der Waals surface area contributed by atoms with Crippen molar-refractivity contribution in [2.45, 2.75) is 33.7 Å². The molecule has 0 spiro atoms. The molecule has 0 amide bonds. The van der Waals surface area contributed by atoms with Crippen molar-refractivity contribution in [2.24, 2.45) is 17.6 Å². The first-order valence-electron chi connectivity index (χ1n) is 6.67. The Kier molecular flexibility index (Phi) is 3.72. The van der Waals surface area contributed by atoms with Crippen LogP contribution in [0.15, 0.2) is 18.2 Å². The van der Waals surface area contributed by atoms with Crippen LogP contribution in [0.4, 0.5) is 5.69 Å². The topological polar surface area (TPSA) is 29.3 Å². The molecule has 2 heteroatoms. The first kappa shape index (κ1) is 12.4. The highest BCUT2D eigenvalue weighted by Gasteiger charge is 2.26. The second-order valence-electron chi connectivity index (χ2n) is 5.53. The lowest BCUT2D eigenvalue weighted by Crippen LogP contribution is -2.23. The van der Waals surface area contributed by atoms with Crippen LogP contribution in [0.3, 0.4) is 0 Å². The minimum Gasteiger partial charge on any atom is -0.371 e. The Morgan fingerprint density at radius 1 is 1.41 bits per heavy atom. The number of aryl methyl sites for hydroxylation is 1. The summed E-state index contributed by atoms with van der Waals surface area (Å²) in [7, 11) is 0. The molecule has 1 fully saturated rings. The van der Waals surface area contributed by atoms with Gasteiger partial charge in [0.05, 0.1) is 0 Å². The molecule has 0 bridgehead atoms. The summed E-state index contributed by atoms with van der Waals surface area (Å²) < 4.78 is 0. The fourth-order valence-corrected chi connectivity index (χ4v) is 2.87. The van der Waals surface area contributed by atoms with E-state index in [1.54, 1.807) is 0 Å². The molecule has 1 aromatic rings. The van der Waals surface area contributed by atoms with Crippen molar-refractivity contribution in [1.29, 1.82) is 0 Å². The van der Waals surface area contributed by atoms with Crippen molar-refractivity contribution in [3.63, 3.8) is 0 Å². The van der Waals surface area contributed by atoms with Crippen LogP contribution in [0.2, 0.25) is 0 Å². The predicted octanol–water partition coefficient (Wildman–Crippen LogP) is 2.94. The lowest BCUT2D eigenvalue weighted by atomic mass is 9.95. The fourth-order valence-electron chi connectivity index (χ4n) is 2.87. The summed E-state index contributed by atoms with van der Waals surface area (Å²) in [6, 6.07) is 6.46. The third kappa shape index (κ3) is 2.47. The van der Waals surface area contributed by atoms with Gasteiger partial charge in [-0.1, -0.05) is 32.0 Å². The summed E-state index contributed by atoms with van der Waals surface area (Å²) in [6.07, 6.45) is 1.32. The Morgan fingerprint density at radius 2 is 2.18 bits per heavy atom. The Bertz CT molecular complexity index is 385. The average Bonchev–Trinajstić information content (AvgIpc) is 2.77. The van der Waals surface area contributed by atoms with Crippen molar-refractivity contribution in [3.8, 4) is 0 Å². The smallest absolute Gasteiger partial charge is 0.0441 e. The van der Waals surface area contributed by atoms with E-state index in [0.717, 1.165) is 11.8 Å². The van der Waals surface area contributed by atoms with Gasteiger partial charge in [0.1, 0.15) is 0 Å². The molecule has 2 N–H and O–H groups in total. The van der Waals surface area contributed by atoms with Crippen LogP contribution in [0.1, 0.15) is 31.4 Å². The Balaban J connectivity index is 2.24. The van der Waals surface area contributed by atoms with Crippen LogP contribution < -0.4 is 10.6 Å². The van der Waals surface area contributed by atoms with Gasteiger partial charge in [-0.25, -0.2) is 0 Å². The number of hydrogen-bond acceptors (Lipinski definition) is 2. The highest BCUT2D eigenvalue weighted by molar-refractivity contribution is 5.60. The third-order valence-corrected chi connectivity index (χ3v) is 4.02. The van der Waals surface area contributed by atoms with Crippen LogP contribution in [-0.2, 0) is 6.54 Å². The van der Waals surface area contributed by atoms with Gasteiger partial charge >= 0.3 is 0 Å². The molecule has 1 aliphatic rings. The van der Waals surface area contributed by atoms with E-state index in [-0.39, 0.29) is 0 Å². The largest absolute Gasteiger partial charge is 0.371 e. The molecule has 1 aromatic carbocycles. The van der Waals surface area contributed by atoms with E-state index < -0.39 is 0 Å². The average molecular weight is 232 g/mol. The molecule has 94 valence electrons. The second kappa shape index (κ2) is 5.09. The Hall–Kier alpha value is -1.02. The summed E-state index contributed by atoms with van der Waals surface area (Å²) in [4.78, 5) is 2.53. The van der Waals surface area contributed by atoms with E-state index >= 15 is 0 Å². The van der Waals surface area contributed by atoms with E-state index in [1.807, 2.05) is 0 Å². The maximum absolute atomic E-state index is 5.85. The number of para-hydroxylation sites is 1. The van der Waals surface area contributed by atoms with E-state index in [4.69, 9.17) is 5.73 Å². The van der Waals surface area contributed by atoms with Gasteiger partial charge in [0.2, 0.25) is 0 Å². The maximum Gasteiger partial charge on any atom is 0.0441 e. The molecule has 0 aromatic heterocycles. The molecule has 2 nitrogen and oxygen atoms in total. The van der Waals surface area contributed by atoms with Crippen molar-refractivity contribution in [3.05, 3.63) is 29.3 Å². The Morgan fingerprint density at radius 3 is 2.76 bits per heavy atom. The molecule has 0 radical (unpaired) electrons. The zero-order valence-electron chi connectivity index (χ0n) is 11.2. The van der Waals surface area contributed by atoms with Gasteiger partial charge in [-0.15, -0.1) is 0 Å². The monoisotopic (exact) mass is 232 g/mol. The van der Waals surface area contributed by atoms with Gasteiger partial charge in [-0.05, 0) is 36.3 Å². The predicted molar refractivity (Wildman–Crippen MR) is 74.2 cm³/mol. The van der Waals surface area contributed by atoms with Crippen LogP contribution in [0.5, 0.6) is 0 Å². The first-order valence-corrected chi connectivity index (χ1v) is 6.67. The second-order valence-corrected chi connectivity index (χ2v) is 5.53. The quantitative estimate of drug-likeness (QED) is 0.868. The lowest BCUT2D eigenvalue weighted by Gasteiger charge is -2.24.